The van der Waals surface area contributed by atoms with Crippen LogP contribution in [-0.4, -0.2) is 52.7 Å². The lowest BCUT2D eigenvalue weighted by Crippen LogP contribution is -2.53. The molecule has 0 bridgehead atoms. The van der Waals surface area contributed by atoms with E-state index in [9.17, 15) is 32.3 Å². The molecule has 1 aromatic carbocycles. The summed E-state index contributed by atoms with van der Waals surface area (Å²) < 4.78 is 52.5. The average Bonchev–Trinajstić information content (AvgIpc) is 2.95. The van der Waals surface area contributed by atoms with Gasteiger partial charge < -0.3 is 15.3 Å². The molecule has 1 heterocycles. The van der Waals surface area contributed by atoms with Gasteiger partial charge in [0.2, 0.25) is 5.91 Å². The Bertz CT molecular complexity index is 693. The van der Waals surface area contributed by atoms with Crippen LogP contribution >= 0.6 is 0 Å². The van der Waals surface area contributed by atoms with Crippen molar-refractivity contribution in [3.05, 3.63) is 35.6 Å². The fourth-order valence-corrected chi connectivity index (χ4v) is 2.79. The van der Waals surface area contributed by atoms with Gasteiger partial charge in [-0.15, -0.1) is 0 Å². The number of halogens is 4. The lowest BCUT2D eigenvalue weighted by molar-refractivity contribution is -0.253. The van der Waals surface area contributed by atoms with E-state index in [1.54, 1.807) is 13.8 Å². The summed E-state index contributed by atoms with van der Waals surface area (Å²) in [6.45, 7) is 2.04. The SMILES string of the molecule is CC(C)[C@H](NC(=O)c1ccccc1F)C(=O)N1CC[C@@](O)(C(F)(F)F)C1. The molecule has 1 aromatic rings. The van der Waals surface area contributed by atoms with Crippen LogP contribution in [0.3, 0.4) is 0 Å². The zero-order chi connectivity index (χ0) is 19.7. The number of hydrogen-bond donors (Lipinski definition) is 2. The molecule has 0 aromatic heterocycles. The maximum Gasteiger partial charge on any atom is 0.419 e. The van der Waals surface area contributed by atoms with Crippen molar-refractivity contribution >= 4 is 11.8 Å². The third kappa shape index (κ3) is 3.98. The molecule has 1 fully saturated rings. The second-order valence-electron chi connectivity index (χ2n) is 6.71. The van der Waals surface area contributed by atoms with Crippen LogP contribution in [0, 0.1) is 11.7 Å². The van der Waals surface area contributed by atoms with E-state index in [2.05, 4.69) is 5.32 Å². The molecule has 9 heteroatoms. The number of carbonyl (C=O) groups is 2. The summed E-state index contributed by atoms with van der Waals surface area (Å²) in [5.74, 6) is -2.80. The summed E-state index contributed by atoms with van der Waals surface area (Å²) in [5, 5.41) is 12.1. The lowest BCUT2D eigenvalue weighted by Gasteiger charge is -2.29. The van der Waals surface area contributed by atoms with Crippen molar-refractivity contribution in [1.29, 1.82) is 0 Å². The van der Waals surface area contributed by atoms with Gasteiger partial charge in [0.05, 0.1) is 12.1 Å². The van der Waals surface area contributed by atoms with Gasteiger partial charge in [-0.05, 0) is 18.1 Å². The molecular formula is C17H20F4N2O3. The van der Waals surface area contributed by atoms with Crippen molar-refractivity contribution in [2.24, 2.45) is 5.92 Å². The zero-order valence-electron chi connectivity index (χ0n) is 14.3. The van der Waals surface area contributed by atoms with Gasteiger partial charge >= 0.3 is 6.18 Å². The van der Waals surface area contributed by atoms with Crippen LogP contribution in [0.25, 0.3) is 0 Å². The van der Waals surface area contributed by atoms with Gasteiger partial charge in [-0.25, -0.2) is 4.39 Å². The van der Waals surface area contributed by atoms with Crippen LogP contribution in [0.15, 0.2) is 24.3 Å². The number of nitrogens with one attached hydrogen (secondary N) is 1. The summed E-state index contributed by atoms with van der Waals surface area (Å²) in [4.78, 5) is 25.7. The number of nitrogens with zero attached hydrogens (tertiary/aromatic N) is 1. The fraction of sp³-hybridized carbons (Fsp3) is 0.529. The first-order valence-corrected chi connectivity index (χ1v) is 8.09. The molecule has 1 saturated heterocycles. The van der Waals surface area contributed by atoms with E-state index in [0.717, 1.165) is 11.0 Å². The molecule has 0 unspecified atom stereocenters. The second-order valence-corrected chi connectivity index (χ2v) is 6.71. The van der Waals surface area contributed by atoms with E-state index in [0.29, 0.717) is 0 Å². The molecule has 0 aliphatic carbocycles. The summed E-state index contributed by atoms with van der Waals surface area (Å²) >= 11 is 0. The van der Waals surface area contributed by atoms with Crippen molar-refractivity contribution < 1.29 is 32.3 Å². The van der Waals surface area contributed by atoms with Gasteiger partial charge in [0, 0.05) is 13.0 Å². The highest BCUT2D eigenvalue weighted by atomic mass is 19.4. The number of carbonyl (C=O) groups excluding carboxylic acids is 2. The van der Waals surface area contributed by atoms with Gasteiger partial charge in [-0.1, -0.05) is 26.0 Å². The zero-order valence-corrected chi connectivity index (χ0v) is 14.3. The summed E-state index contributed by atoms with van der Waals surface area (Å²) in [7, 11) is 0. The largest absolute Gasteiger partial charge is 0.419 e. The number of amides is 2. The van der Waals surface area contributed by atoms with Gasteiger partial charge in [0.1, 0.15) is 11.9 Å². The molecule has 5 nitrogen and oxygen atoms in total. The second kappa shape index (κ2) is 7.22. The number of alkyl halides is 3. The van der Waals surface area contributed by atoms with Gasteiger partial charge in [0.15, 0.2) is 5.60 Å². The first-order chi connectivity index (χ1) is 12.0. The maximum absolute atomic E-state index is 13.7. The summed E-state index contributed by atoms with van der Waals surface area (Å²) in [6, 6.07) is 4.04. The molecule has 2 atom stereocenters. The standard InChI is InChI=1S/C17H20F4N2O3/c1-10(2)13(22-14(24)11-5-3-4-6-12(11)18)15(25)23-8-7-16(26,9-23)17(19,20)21/h3-6,10,13,26H,7-9H2,1-2H3,(H,22,24)/t13-,16-/m0/s1. The highest BCUT2D eigenvalue weighted by Crippen LogP contribution is 2.37. The van der Waals surface area contributed by atoms with E-state index in [4.69, 9.17) is 0 Å². The molecule has 144 valence electrons. The predicted molar refractivity (Wildman–Crippen MR) is 84.7 cm³/mol. The molecule has 1 aliphatic heterocycles. The third-order valence-corrected chi connectivity index (χ3v) is 4.42. The Morgan fingerprint density at radius 3 is 2.38 bits per heavy atom. The lowest BCUT2D eigenvalue weighted by atomic mass is 10.0. The minimum Gasteiger partial charge on any atom is -0.379 e. The predicted octanol–water partition coefficient (Wildman–Crippen LogP) is 2.11. The van der Waals surface area contributed by atoms with Crippen LogP contribution < -0.4 is 5.32 Å². The Morgan fingerprint density at radius 2 is 1.88 bits per heavy atom. The number of aliphatic hydroxyl groups is 1. The Balaban J connectivity index is 2.14. The maximum atomic E-state index is 13.7. The molecule has 2 rings (SSSR count). The first kappa shape index (κ1) is 20.2. The number of β-amino-alcohol motifs (C(OH)–C–C–N with tert-alkyl or cyclic N) is 1. The van der Waals surface area contributed by atoms with Crippen LogP contribution in [0.1, 0.15) is 30.6 Å². The molecule has 0 radical (unpaired) electrons. The van der Waals surface area contributed by atoms with Crippen molar-refractivity contribution in [2.75, 3.05) is 13.1 Å². The smallest absolute Gasteiger partial charge is 0.379 e. The van der Waals surface area contributed by atoms with Gasteiger partial charge in [-0.2, -0.15) is 13.2 Å². The Hall–Kier alpha value is -2.16. The van der Waals surface area contributed by atoms with Crippen LogP contribution in [0.5, 0.6) is 0 Å². The van der Waals surface area contributed by atoms with Crippen molar-refractivity contribution in [1.82, 2.24) is 10.2 Å². The molecule has 1 aliphatic rings. The van der Waals surface area contributed by atoms with Gasteiger partial charge in [-0.3, -0.25) is 9.59 Å². The highest BCUT2D eigenvalue weighted by molar-refractivity contribution is 5.97. The first-order valence-electron chi connectivity index (χ1n) is 8.09. The average molecular weight is 376 g/mol. The van der Waals surface area contributed by atoms with E-state index in [1.807, 2.05) is 0 Å². The monoisotopic (exact) mass is 376 g/mol. The van der Waals surface area contributed by atoms with Crippen molar-refractivity contribution in [3.8, 4) is 0 Å². The number of likely N-dealkylation sites (tertiary alicyclic amines) is 1. The van der Waals surface area contributed by atoms with Crippen LogP contribution in [-0.2, 0) is 4.79 Å². The fourth-order valence-electron chi connectivity index (χ4n) is 2.79. The van der Waals surface area contributed by atoms with Crippen molar-refractivity contribution in [2.45, 2.75) is 38.1 Å². The van der Waals surface area contributed by atoms with E-state index in [1.165, 1.54) is 18.2 Å². The molecule has 0 spiro atoms. The third-order valence-electron chi connectivity index (χ3n) is 4.42. The topological polar surface area (TPSA) is 69.6 Å². The molecular weight excluding hydrogens is 356 g/mol. The van der Waals surface area contributed by atoms with Crippen LogP contribution in [0.4, 0.5) is 17.6 Å². The Kier molecular flexibility index (Phi) is 5.60. The minimum atomic E-state index is -4.86. The molecule has 0 saturated carbocycles. The van der Waals surface area contributed by atoms with E-state index < -0.39 is 54.3 Å². The molecule has 2 N–H and O–H groups in total. The van der Waals surface area contributed by atoms with E-state index in [-0.39, 0.29) is 12.1 Å². The van der Waals surface area contributed by atoms with Gasteiger partial charge in [0.25, 0.3) is 5.91 Å². The Morgan fingerprint density at radius 1 is 1.27 bits per heavy atom. The highest BCUT2D eigenvalue weighted by Gasteiger charge is 2.58. The van der Waals surface area contributed by atoms with Crippen LogP contribution in [0.2, 0.25) is 0 Å². The number of rotatable bonds is 4. The minimum absolute atomic E-state index is 0.265. The normalized spacial score (nSPS) is 21.8. The quantitative estimate of drug-likeness (QED) is 0.791. The van der Waals surface area contributed by atoms with Crippen molar-refractivity contribution in [3.63, 3.8) is 0 Å². The molecule has 26 heavy (non-hydrogen) atoms. The summed E-state index contributed by atoms with van der Waals surface area (Å²) in [6.07, 6.45) is -5.49. The van der Waals surface area contributed by atoms with E-state index >= 15 is 0 Å². The number of benzene rings is 1. The number of hydrogen-bond acceptors (Lipinski definition) is 3. The Labute approximate surface area is 148 Å². The summed E-state index contributed by atoms with van der Waals surface area (Å²) in [5.41, 5.74) is -3.22. The molecule has 2 amide bonds.